The van der Waals surface area contributed by atoms with Crippen molar-refractivity contribution in [3.8, 4) is 0 Å². The Balaban J connectivity index is 2.46. The highest BCUT2D eigenvalue weighted by Gasteiger charge is 2.20. The standard InChI is InChI=1S/C15H15BrCl2N2S/c1-15(2,3)13-12(16)14(21)20-11(19-13)6-8-4-5-9(17)7-10(8)18/h4-5,7H,6H2,1-3H3,(H,19,20,21). The van der Waals surface area contributed by atoms with Crippen LogP contribution in [0.3, 0.4) is 0 Å². The van der Waals surface area contributed by atoms with Gasteiger partial charge in [0.05, 0.1) is 4.47 Å². The first-order chi connectivity index (χ1) is 9.68. The minimum atomic E-state index is -0.0616. The third-order valence-corrected chi connectivity index (χ3v) is 4.95. The molecule has 2 rings (SSSR count). The number of aromatic amines is 1. The van der Waals surface area contributed by atoms with Crippen LogP contribution in [-0.4, -0.2) is 9.97 Å². The molecule has 21 heavy (non-hydrogen) atoms. The predicted molar refractivity (Wildman–Crippen MR) is 95.1 cm³/mol. The summed E-state index contributed by atoms with van der Waals surface area (Å²) in [6, 6.07) is 5.46. The van der Waals surface area contributed by atoms with E-state index in [-0.39, 0.29) is 5.41 Å². The topological polar surface area (TPSA) is 28.7 Å². The van der Waals surface area contributed by atoms with E-state index < -0.39 is 0 Å². The summed E-state index contributed by atoms with van der Waals surface area (Å²) in [4.78, 5) is 7.79. The van der Waals surface area contributed by atoms with E-state index in [1.807, 2.05) is 12.1 Å². The molecule has 0 amide bonds. The Labute approximate surface area is 148 Å². The van der Waals surface area contributed by atoms with Gasteiger partial charge in [-0.05, 0) is 33.6 Å². The van der Waals surface area contributed by atoms with Crippen molar-refractivity contribution in [3.63, 3.8) is 0 Å². The largest absolute Gasteiger partial charge is 0.345 e. The second-order valence-electron chi connectivity index (χ2n) is 5.84. The smallest absolute Gasteiger partial charge is 0.144 e. The maximum atomic E-state index is 6.22. The summed E-state index contributed by atoms with van der Waals surface area (Å²) in [5.41, 5.74) is 1.93. The average Bonchev–Trinajstić information content (AvgIpc) is 2.35. The minimum absolute atomic E-state index is 0.0616. The van der Waals surface area contributed by atoms with Gasteiger partial charge in [0.1, 0.15) is 10.5 Å². The Morgan fingerprint density at radius 1 is 1.29 bits per heavy atom. The number of nitrogens with one attached hydrogen (secondary N) is 1. The van der Waals surface area contributed by atoms with Crippen LogP contribution in [-0.2, 0) is 11.8 Å². The van der Waals surface area contributed by atoms with Crippen LogP contribution in [0.25, 0.3) is 0 Å². The Morgan fingerprint density at radius 2 is 1.95 bits per heavy atom. The molecule has 0 fully saturated rings. The van der Waals surface area contributed by atoms with Crippen molar-refractivity contribution < 1.29 is 0 Å². The molecule has 0 aliphatic rings. The Hall–Kier alpha value is -0.420. The van der Waals surface area contributed by atoms with Crippen LogP contribution in [0.1, 0.15) is 37.9 Å². The van der Waals surface area contributed by atoms with Crippen molar-refractivity contribution in [2.24, 2.45) is 0 Å². The molecular formula is C15H15BrCl2N2S. The quantitative estimate of drug-likeness (QED) is 0.611. The number of halogens is 3. The van der Waals surface area contributed by atoms with Crippen molar-refractivity contribution >= 4 is 51.3 Å². The van der Waals surface area contributed by atoms with E-state index in [2.05, 4.69) is 46.7 Å². The fourth-order valence-corrected chi connectivity index (χ4v) is 3.42. The molecule has 0 unspecified atom stereocenters. The molecule has 0 bridgehead atoms. The minimum Gasteiger partial charge on any atom is -0.345 e. The van der Waals surface area contributed by atoms with Crippen molar-refractivity contribution in [1.82, 2.24) is 9.97 Å². The lowest BCUT2D eigenvalue weighted by molar-refractivity contribution is 0.558. The third-order valence-electron chi connectivity index (χ3n) is 3.04. The Morgan fingerprint density at radius 3 is 2.52 bits per heavy atom. The number of nitrogens with zero attached hydrogens (tertiary/aromatic N) is 1. The van der Waals surface area contributed by atoms with Crippen LogP contribution in [0, 0.1) is 4.64 Å². The predicted octanol–water partition coefficient (Wildman–Crippen LogP) is 6.10. The van der Waals surface area contributed by atoms with Crippen LogP contribution in [0.15, 0.2) is 22.7 Å². The number of rotatable bonds is 2. The van der Waals surface area contributed by atoms with Crippen LogP contribution in [0.5, 0.6) is 0 Å². The second kappa shape index (κ2) is 6.37. The number of hydrogen-bond donors (Lipinski definition) is 1. The lowest BCUT2D eigenvalue weighted by atomic mass is 9.92. The van der Waals surface area contributed by atoms with Crippen LogP contribution in [0.2, 0.25) is 10.0 Å². The highest BCUT2D eigenvalue weighted by Crippen LogP contribution is 2.29. The fraction of sp³-hybridized carbons (Fsp3) is 0.333. The van der Waals surface area contributed by atoms with Gasteiger partial charge in [0.15, 0.2) is 0 Å². The third kappa shape index (κ3) is 4.07. The molecule has 1 heterocycles. The maximum Gasteiger partial charge on any atom is 0.144 e. The molecule has 6 heteroatoms. The Kier molecular flexibility index (Phi) is 5.14. The zero-order valence-electron chi connectivity index (χ0n) is 11.9. The summed E-state index contributed by atoms with van der Waals surface area (Å²) in [6.07, 6.45) is 0.579. The molecule has 1 N–H and O–H groups in total. The van der Waals surface area contributed by atoms with Gasteiger partial charge in [-0.15, -0.1) is 0 Å². The monoisotopic (exact) mass is 404 g/mol. The van der Waals surface area contributed by atoms with Crippen LogP contribution in [0.4, 0.5) is 0 Å². The molecule has 0 atom stereocenters. The second-order valence-corrected chi connectivity index (χ2v) is 7.86. The molecule has 0 saturated heterocycles. The molecular weight excluding hydrogens is 391 g/mol. The molecule has 0 aliphatic carbocycles. The van der Waals surface area contributed by atoms with E-state index in [4.69, 9.17) is 35.4 Å². The molecule has 0 radical (unpaired) electrons. The van der Waals surface area contributed by atoms with E-state index in [0.717, 1.165) is 21.6 Å². The molecule has 2 aromatic rings. The molecule has 0 aliphatic heterocycles. The average molecular weight is 406 g/mol. The lowest BCUT2D eigenvalue weighted by Crippen LogP contribution is -2.17. The lowest BCUT2D eigenvalue weighted by Gasteiger charge is -2.21. The van der Waals surface area contributed by atoms with E-state index in [0.29, 0.717) is 21.1 Å². The van der Waals surface area contributed by atoms with Crippen molar-refractivity contribution in [1.29, 1.82) is 0 Å². The first kappa shape index (κ1) is 16.9. The summed E-state index contributed by atoms with van der Waals surface area (Å²) in [5.74, 6) is 0.789. The molecule has 1 aromatic carbocycles. The molecule has 0 spiro atoms. The zero-order valence-corrected chi connectivity index (χ0v) is 15.8. The van der Waals surface area contributed by atoms with Crippen LogP contribution < -0.4 is 0 Å². The van der Waals surface area contributed by atoms with E-state index in [1.165, 1.54) is 0 Å². The first-order valence-corrected chi connectivity index (χ1v) is 8.37. The number of aromatic nitrogens is 2. The van der Waals surface area contributed by atoms with Gasteiger partial charge in [-0.3, -0.25) is 0 Å². The maximum absolute atomic E-state index is 6.22. The van der Waals surface area contributed by atoms with Gasteiger partial charge in [-0.25, -0.2) is 4.98 Å². The van der Waals surface area contributed by atoms with Crippen molar-refractivity contribution in [2.75, 3.05) is 0 Å². The summed E-state index contributed by atoms with van der Waals surface area (Å²) in [7, 11) is 0. The molecule has 0 saturated carbocycles. The molecule has 112 valence electrons. The van der Waals surface area contributed by atoms with Crippen LogP contribution >= 0.6 is 51.3 Å². The molecule has 2 nitrogen and oxygen atoms in total. The van der Waals surface area contributed by atoms with Gasteiger partial charge < -0.3 is 4.98 Å². The number of benzene rings is 1. The summed E-state index contributed by atoms with van der Waals surface area (Å²) in [5, 5.41) is 1.25. The van der Waals surface area contributed by atoms with Crippen molar-refractivity contribution in [2.45, 2.75) is 32.6 Å². The van der Waals surface area contributed by atoms with Gasteiger partial charge in [-0.2, -0.15) is 0 Å². The van der Waals surface area contributed by atoms with Gasteiger partial charge in [0.25, 0.3) is 0 Å². The number of H-pyrrole nitrogens is 1. The van der Waals surface area contributed by atoms with Gasteiger partial charge in [0.2, 0.25) is 0 Å². The van der Waals surface area contributed by atoms with E-state index in [9.17, 15) is 0 Å². The van der Waals surface area contributed by atoms with Gasteiger partial charge in [-0.1, -0.05) is 62.3 Å². The zero-order chi connectivity index (χ0) is 15.8. The summed E-state index contributed by atoms with van der Waals surface area (Å²) < 4.78 is 1.40. The van der Waals surface area contributed by atoms with Gasteiger partial charge >= 0.3 is 0 Å². The Bertz CT molecular complexity index is 735. The molecule has 1 aromatic heterocycles. The summed E-state index contributed by atoms with van der Waals surface area (Å²) >= 11 is 21.0. The first-order valence-electron chi connectivity index (χ1n) is 6.41. The highest BCUT2D eigenvalue weighted by atomic mass is 79.9. The number of hydrogen-bond acceptors (Lipinski definition) is 2. The SMILES string of the molecule is CC(C)(C)c1[nH]c(Cc2ccc(Cl)cc2Cl)nc(=S)c1Br. The van der Waals surface area contributed by atoms with Gasteiger partial charge in [0, 0.05) is 27.6 Å². The normalized spacial score (nSPS) is 11.7. The summed E-state index contributed by atoms with van der Waals surface area (Å²) in [6.45, 7) is 6.37. The van der Waals surface area contributed by atoms with E-state index in [1.54, 1.807) is 6.07 Å². The highest BCUT2D eigenvalue weighted by molar-refractivity contribution is 9.10. The fourth-order valence-electron chi connectivity index (χ4n) is 1.95. The van der Waals surface area contributed by atoms with E-state index >= 15 is 0 Å². The van der Waals surface area contributed by atoms with Crippen molar-refractivity contribution in [3.05, 3.63) is 54.4 Å².